The third-order valence-electron chi connectivity index (χ3n) is 1.88. The molecule has 0 saturated carbocycles. The van der Waals surface area contributed by atoms with Crippen LogP contribution in [0, 0.1) is 11.3 Å². The average molecular weight is 229 g/mol. The molecule has 15 heavy (non-hydrogen) atoms. The summed E-state index contributed by atoms with van der Waals surface area (Å²) in [5.41, 5.74) is 0. The molecule has 0 aromatic carbocycles. The second-order valence-electron chi connectivity index (χ2n) is 3.20. The summed E-state index contributed by atoms with van der Waals surface area (Å²) in [4.78, 5) is 11.1. The van der Waals surface area contributed by atoms with Gasteiger partial charge in [0.15, 0.2) is 0 Å². The number of rotatable bonds is 8. The Hall–Kier alpha value is -0.730. The van der Waals surface area contributed by atoms with Crippen molar-refractivity contribution in [3.05, 3.63) is 0 Å². The molecule has 0 aliphatic heterocycles. The number of nitrogens with one attached hydrogen (secondary N) is 2. The SMILES string of the molecule is CCSCCC(C)NCC(=O)NCC#N. The fraction of sp³-hybridized carbons (Fsp3) is 0.800. The van der Waals surface area contributed by atoms with Gasteiger partial charge in [-0.25, -0.2) is 0 Å². The van der Waals surface area contributed by atoms with Crippen LogP contribution in [0.15, 0.2) is 0 Å². The molecular weight excluding hydrogens is 210 g/mol. The summed E-state index contributed by atoms with van der Waals surface area (Å²) in [5.74, 6) is 2.13. The predicted molar refractivity (Wildman–Crippen MR) is 63.7 cm³/mol. The molecule has 0 radical (unpaired) electrons. The van der Waals surface area contributed by atoms with E-state index < -0.39 is 0 Å². The first-order chi connectivity index (χ1) is 7.20. The molecule has 2 N–H and O–H groups in total. The molecule has 0 aliphatic carbocycles. The zero-order valence-electron chi connectivity index (χ0n) is 9.38. The molecular formula is C10H19N3OS. The highest BCUT2D eigenvalue weighted by Gasteiger charge is 2.04. The summed E-state index contributed by atoms with van der Waals surface area (Å²) in [5, 5.41) is 13.9. The Balaban J connectivity index is 3.40. The van der Waals surface area contributed by atoms with Gasteiger partial charge in [-0.1, -0.05) is 6.92 Å². The number of nitriles is 1. The molecule has 0 bridgehead atoms. The standard InChI is InChI=1S/C10H19N3OS/c1-3-15-7-4-9(2)13-8-10(14)12-6-5-11/h9,13H,3-4,6-8H2,1-2H3,(H,12,14). The smallest absolute Gasteiger partial charge is 0.234 e. The van der Waals surface area contributed by atoms with E-state index in [9.17, 15) is 4.79 Å². The molecule has 0 aliphatic rings. The van der Waals surface area contributed by atoms with Crippen molar-refractivity contribution in [2.75, 3.05) is 24.6 Å². The van der Waals surface area contributed by atoms with Crippen molar-refractivity contribution in [3.8, 4) is 6.07 Å². The Kier molecular flexibility index (Phi) is 9.33. The van der Waals surface area contributed by atoms with Crippen molar-refractivity contribution in [2.45, 2.75) is 26.3 Å². The van der Waals surface area contributed by atoms with E-state index in [1.165, 1.54) is 0 Å². The maximum absolute atomic E-state index is 11.1. The van der Waals surface area contributed by atoms with Gasteiger partial charge in [0.25, 0.3) is 0 Å². The molecule has 86 valence electrons. The van der Waals surface area contributed by atoms with Crippen LogP contribution in [0.1, 0.15) is 20.3 Å². The molecule has 0 aromatic rings. The molecule has 0 spiro atoms. The third kappa shape index (κ3) is 9.57. The van der Waals surface area contributed by atoms with Crippen LogP contribution in [0.2, 0.25) is 0 Å². The van der Waals surface area contributed by atoms with Crippen molar-refractivity contribution in [2.24, 2.45) is 0 Å². The predicted octanol–water partition coefficient (Wildman–Crippen LogP) is 0.747. The maximum atomic E-state index is 11.1. The molecule has 0 saturated heterocycles. The summed E-state index contributed by atoms with van der Waals surface area (Å²) in [6.45, 7) is 4.58. The fourth-order valence-corrected chi connectivity index (χ4v) is 1.78. The minimum atomic E-state index is -0.119. The third-order valence-corrected chi connectivity index (χ3v) is 2.81. The van der Waals surface area contributed by atoms with E-state index in [0.717, 1.165) is 17.9 Å². The van der Waals surface area contributed by atoms with Gasteiger partial charge in [0.1, 0.15) is 6.54 Å². The Morgan fingerprint density at radius 3 is 2.93 bits per heavy atom. The number of hydrogen-bond donors (Lipinski definition) is 2. The first kappa shape index (κ1) is 14.3. The number of hydrogen-bond acceptors (Lipinski definition) is 4. The van der Waals surface area contributed by atoms with Gasteiger partial charge in [0.05, 0.1) is 12.6 Å². The lowest BCUT2D eigenvalue weighted by Gasteiger charge is -2.12. The van der Waals surface area contributed by atoms with Crippen LogP contribution in [0.4, 0.5) is 0 Å². The number of thioether (sulfide) groups is 1. The van der Waals surface area contributed by atoms with E-state index in [4.69, 9.17) is 5.26 Å². The Morgan fingerprint density at radius 2 is 2.33 bits per heavy atom. The van der Waals surface area contributed by atoms with Crippen LogP contribution in [0.5, 0.6) is 0 Å². The normalized spacial score (nSPS) is 11.8. The van der Waals surface area contributed by atoms with Crippen LogP contribution in [-0.2, 0) is 4.79 Å². The quantitative estimate of drug-likeness (QED) is 0.476. The lowest BCUT2D eigenvalue weighted by molar-refractivity contribution is -0.120. The lowest BCUT2D eigenvalue weighted by atomic mass is 10.2. The second-order valence-corrected chi connectivity index (χ2v) is 4.60. The molecule has 0 aromatic heterocycles. The number of amides is 1. The fourth-order valence-electron chi connectivity index (χ4n) is 0.974. The minimum Gasteiger partial charge on any atom is -0.342 e. The topological polar surface area (TPSA) is 64.9 Å². The zero-order valence-corrected chi connectivity index (χ0v) is 10.2. The van der Waals surface area contributed by atoms with Gasteiger partial charge in [0, 0.05) is 6.04 Å². The van der Waals surface area contributed by atoms with Crippen LogP contribution in [0.3, 0.4) is 0 Å². The first-order valence-electron chi connectivity index (χ1n) is 5.15. The van der Waals surface area contributed by atoms with Crippen molar-refractivity contribution in [1.29, 1.82) is 5.26 Å². The van der Waals surface area contributed by atoms with Gasteiger partial charge in [-0.15, -0.1) is 0 Å². The first-order valence-corrected chi connectivity index (χ1v) is 6.31. The molecule has 5 heteroatoms. The molecule has 1 amide bonds. The molecule has 0 rings (SSSR count). The highest BCUT2D eigenvalue weighted by atomic mass is 32.2. The molecule has 0 fully saturated rings. The number of carbonyl (C=O) groups excluding carboxylic acids is 1. The Bertz CT molecular complexity index is 215. The van der Waals surface area contributed by atoms with E-state index >= 15 is 0 Å². The molecule has 1 unspecified atom stereocenters. The average Bonchev–Trinajstić information content (AvgIpc) is 2.24. The van der Waals surface area contributed by atoms with Crippen molar-refractivity contribution in [3.63, 3.8) is 0 Å². The highest BCUT2D eigenvalue weighted by molar-refractivity contribution is 7.99. The van der Waals surface area contributed by atoms with Crippen LogP contribution in [-0.4, -0.2) is 36.5 Å². The number of carbonyl (C=O) groups is 1. The van der Waals surface area contributed by atoms with E-state index in [1.54, 1.807) is 0 Å². The van der Waals surface area contributed by atoms with Gasteiger partial charge in [-0.05, 0) is 24.9 Å². The summed E-state index contributed by atoms with van der Waals surface area (Å²) in [7, 11) is 0. The Labute approximate surface area is 95.8 Å². The summed E-state index contributed by atoms with van der Waals surface area (Å²) < 4.78 is 0. The summed E-state index contributed by atoms with van der Waals surface area (Å²) in [6.07, 6.45) is 1.06. The number of nitrogens with zero attached hydrogens (tertiary/aromatic N) is 1. The van der Waals surface area contributed by atoms with Crippen molar-refractivity contribution >= 4 is 17.7 Å². The monoisotopic (exact) mass is 229 g/mol. The summed E-state index contributed by atoms with van der Waals surface area (Å²) in [6, 6.07) is 2.21. The van der Waals surface area contributed by atoms with E-state index in [0.29, 0.717) is 12.6 Å². The van der Waals surface area contributed by atoms with E-state index in [1.807, 2.05) is 17.8 Å². The molecule has 4 nitrogen and oxygen atoms in total. The highest BCUT2D eigenvalue weighted by Crippen LogP contribution is 2.03. The van der Waals surface area contributed by atoms with Gasteiger partial charge >= 0.3 is 0 Å². The van der Waals surface area contributed by atoms with E-state index in [-0.39, 0.29) is 12.5 Å². The van der Waals surface area contributed by atoms with Gasteiger partial charge in [-0.2, -0.15) is 17.0 Å². The second kappa shape index (κ2) is 9.81. The van der Waals surface area contributed by atoms with Gasteiger partial charge in [-0.3, -0.25) is 4.79 Å². The lowest BCUT2D eigenvalue weighted by Crippen LogP contribution is -2.38. The molecule has 0 heterocycles. The minimum absolute atomic E-state index is 0.0839. The van der Waals surface area contributed by atoms with E-state index in [2.05, 4.69) is 24.5 Å². The van der Waals surface area contributed by atoms with Gasteiger partial charge in [0.2, 0.25) is 5.91 Å². The van der Waals surface area contributed by atoms with Crippen LogP contribution >= 0.6 is 11.8 Å². The summed E-state index contributed by atoms with van der Waals surface area (Å²) >= 11 is 1.90. The maximum Gasteiger partial charge on any atom is 0.234 e. The van der Waals surface area contributed by atoms with Crippen molar-refractivity contribution < 1.29 is 4.79 Å². The molecule has 1 atom stereocenters. The van der Waals surface area contributed by atoms with Crippen LogP contribution < -0.4 is 10.6 Å². The van der Waals surface area contributed by atoms with Gasteiger partial charge < -0.3 is 10.6 Å². The zero-order chi connectivity index (χ0) is 11.5. The van der Waals surface area contributed by atoms with Crippen molar-refractivity contribution in [1.82, 2.24) is 10.6 Å². The largest absolute Gasteiger partial charge is 0.342 e. The Morgan fingerprint density at radius 1 is 1.60 bits per heavy atom. The van der Waals surface area contributed by atoms with Crippen LogP contribution in [0.25, 0.3) is 0 Å².